The second-order valence-corrected chi connectivity index (χ2v) is 7.34. The normalized spacial score (nSPS) is 12.8. The maximum atomic E-state index is 12.2. The zero-order chi connectivity index (χ0) is 17.5. The largest absolute Gasteiger partial charge is 0.478 e. The average molecular weight is 342 g/mol. The molecule has 1 rings (SSSR count). The summed E-state index contributed by atoms with van der Waals surface area (Å²) in [6.07, 6.45) is 3.54. The van der Waals surface area contributed by atoms with Gasteiger partial charge in [0.2, 0.25) is 10.0 Å². The highest BCUT2D eigenvalue weighted by atomic mass is 32.2. The summed E-state index contributed by atoms with van der Waals surface area (Å²) in [4.78, 5) is 11.4. The van der Waals surface area contributed by atoms with Crippen LogP contribution in [-0.2, 0) is 10.0 Å². The Balaban J connectivity index is 3.00. The van der Waals surface area contributed by atoms with Gasteiger partial charge >= 0.3 is 5.97 Å². The molecule has 3 N–H and O–H groups in total. The summed E-state index contributed by atoms with van der Waals surface area (Å²) in [5.74, 6) is -1.15. The molecule has 0 fully saturated rings. The van der Waals surface area contributed by atoms with Gasteiger partial charge in [-0.1, -0.05) is 26.7 Å². The number of anilines is 1. The van der Waals surface area contributed by atoms with Gasteiger partial charge in [0, 0.05) is 18.3 Å². The van der Waals surface area contributed by atoms with Crippen LogP contribution in [0, 0.1) is 0 Å². The third-order valence-corrected chi connectivity index (χ3v) is 5.08. The Morgan fingerprint density at radius 1 is 1.26 bits per heavy atom. The van der Waals surface area contributed by atoms with Crippen LogP contribution in [0.15, 0.2) is 23.1 Å². The summed E-state index contributed by atoms with van der Waals surface area (Å²) in [6.45, 7) is 6.31. The van der Waals surface area contributed by atoms with Crippen LogP contribution in [0.25, 0.3) is 0 Å². The minimum atomic E-state index is -3.69. The van der Waals surface area contributed by atoms with Gasteiger partial charge in [0.15, 0.2) is 0 Å². The molecule has 23 heavy (non-hydrogen) atoms. The molecule has 0 aromatic heterocycles. The first-order valence-corrected chi connectivity index (χ1v) is 9.43. The molecular weight excluding hydrogens is 316 g/mol. The molecule has 0 spiro atoms. The summed E-state index contributed by atoms with van der Waals surface area (Å²) < 4.78 is 27.0. The fraction of sp³-hybridized carbons (Fsp3) is 0.562. The number of hydrogen-bond acceptors (Lipinski definition) is 4. The minimum absolute atomic E-state index is 0.0268. The molecule has 0 saturated carbocycles. The summed E-state index contributed by atoms with van der Waals surface area (Å²) in [7, 11) is -3.69. The Hall–Kier alpha value is -1.60. The van der Waals surface area contributed by atoms with Crippen LogP contribution in [0.4, 0.5) is 5.69 Å². The van der Waals surface area contributed by atoms with E-state index in [9.17, 15) is 18.3 Å². The van der Waals surface area contributed by atoms with E-state index < -0.39 is 16.0 Å². The Morgan fingerprint density at radius 3 is 2.52 bits per heavy atom. The van der Waals surface area contributed by atoms with Crippen molar-refractivity contribution < 1.29 is 18.3 Å². The fourth-order valence-corrected chi connectivity index (χ4v) is 3.13. The van der Waals surface area contributed by atoms with Crippen molar-refractivity contribution in [2.24, 2.45) is 0 Å². The van der Waals surface area contributed by atoms with Crippen molar-refractivity contribution in [3.05, 3.63) is 23.8 Å². The molecule has 7 heteroatoms. The first-order valence-electron chi connectivity index (χ1n) is 7.95. The third-order valence-electron chi connectivity index (χ3n) is 3.62. The van der Waals surface area contributed by atoms with E-state index in [1.54, 1.807) is 0 Å². The number of hydrogen-bond donors (Lipinski definition) is 3. The fourth-order valence-electron chi connectivity index (χ4n) is 2.03. The minimum Gasteiger partial charge on any atom is -0.478 e. The number of aromatic carboxylic acids is 1. The van der Waals surface area contributed by atoms with Gasteiger partial charge < -0.3 is 10.4 Å². The molecule has 0 aliphatic carbocycles. The lowest BCUT2D eigenvalue weighted by atomic mass is 10.1. The number of nitrogens with one attached hydrogen (secondary N) is 2. The van der Waals surface area contributed by atoms with Crippen molar-refractivity contribution in [1.82, 2.24) is 4.72 Å². The average Bonchev–Trinajstić information content (AvgIpc) is 2.51. The highest BCUT2D eigenvalue weighted by molar-refractivity contribution is 7.89. The van der Waals surface area contributed by atoms with E-state index in [2.05, 4.69) is 10.0 Å². The number of sulfonamides is 1. The van der Waals surface area contributed by atoms with Gasteiger partial charge in [-0.2, -0.15) is 0 Å². The van der Waals surface area contributed by atoms with Gasteiger partial charge in [0.25, 0.3) is 0 Å². The van der Waals surface area contributed by atoms with Crippen LogP contribution >= 0.6 is 0 Å². The molecular formula is C16H26N2O4S. The van der Waals surface area contributed by atoms with Gasteiger partial charge in [-0.05, 0) is 38.0 Å². The van der Waals surface area contributed by atoms with Gasteiger partial charge in [0.05, 0.1) is 10.5 Å². The maximum Gasteiger partial charge on any atom is 0.337 e. The monoisotopic (exact) mass is 342 g/mol. The van der Waals surface area contributed by atoms with Gasteiger partial charge in [0.1, 0.15) is 0 Å². The Kier molecular flexibility index (Phi) is 7.51. The van der Waals surface area contributed by atoms with Gasteiger partial charge in [-0.3, -0.25) is 0 Å². The van der Waals surface area contributed by atoms with Crippen molar-refractivity contribution in [1.29, 1.82) is 0 Å². The van der Waals surface area contributed by atoms with Gasteiger partial charge in [-0.15, -0.1) is 0 Å². The molecule has 0 saturated heterocycles. The third kappa shape index (κ3) is 5.84. The van der Waals surface area contributed by atoms with E-state index in [1.165, 1.54) is 18.2 Å². The lowest BCUT2D eigenvalue weighted by molar-refractivity contribution is 0.0697. The first kappa shape index (κ1) is 19.4. The smallest absolute Gasteiger partial charge is 0.337 e. The molecule has 0 amide bonds. The SMILES string of the molecule is CCCCCNS(=O)(=O)c1ccc(NC(C)CC)c(C(=O)O)c1. The van der Waals surface area contributed by atoms with Gasteiger partial charge in [-0.25, -0.2) is 17.9 Å². The predicted molar refractivity (Wildman–Crippen MR) is 91.5 cm³/mol. The molecule has 0 radical (unpaired) electrons. The summed E-state index contributed by atoms with van der Waals surface area (Å²) >= 11 is 0. The van der Waals surface area contributed by atoms with Crippen LogP contribution in [0.5, 0.6) is 0 Å². The van der Waals surface area contributed by atoms with Crippen LogP contribution in [0.3, 0.4) is 0 Å². The molecule has 0 aliphatic rings. The van der Waals surface area contributed by atoms with Crippen molar-refractivity contribution in [3.8, 4) is 0 Å². The van der Waals surface area contributed by atoms with E-state index in [0.29, 0.717) is 12.2 Å². The van der Waals surface area contributed by atoms with E-state index in [0.717, 1.165) is 25.7 Å². The van der Waals surface area contributed by atoms with Crippen molar-refractivity contribution >= 4 is 21.7 Å². The van der Waals surface area contributed by atoms with Crippen LogP contribution < -0.4 is 10.0 Å². The van der Waals surface area contributed by atoms with Crippen molar-refractivity contribution in [3.63, 3.8) is 0 Å². The Bertz CT molecular complexity index is 629. The number of carboxylic acids is 1. The van der Waals surface area contributed by atoms with E-state index >= 15 is 0 Å². The van der Waals surface area contributed by atoms with Crippen LogP contribution in [-0.4, -0.2) is 32.1 Å². The summed E-state index contributed by atoms with van der Waals surface area (Å²) in [5, 5.41) is 12.4. The van der Waals surface area contributed by atoms with Crippen molar-refractivity contribution in [2.75, 3.05) is 11.9 Å². The molecule has 1 aromatic carbocycles. The predicted octanol–water partition coefficient (Wildman–Crippen LogP) is 3.06. The molecule has 6 nitrogen and oxygen atoms in total. The molecule has 0 bridgehead atoms. The maximum absolute atomic E-state index is 12.2. The van der Waals surface area contributed by atoms with Crippen LogP contribution in [0.1, 0.15) is 56.8 Å². The summed E-state index contributed by atoms with van der Waals surface area (Å²) in [5.41, 5.74) is 0.388. The Labute approximate surface area is 138 Å². The number of benzene rings is 1. The number of unbranched alkanes of at least 4 members (excludes halogenated alkanes) is 2. The van der Waals surface area contributed by atoms with Crippen LogP contribution in [0.2, 0.25) is 0 Å². The highest BCUT2D eigenvalue weighted by Gasteiger charge is 2.19. The number of carbonyl (C=O) groups is 1. The Morgan fingerprint density at radius 2 is 1.96 bits per heavy atom. The zero-order valence-corrected chi connectivity index (χ0v) is 14.7. The lowest BCUT2D eigenvalue weighted by Gasteiger charge is -2.16. The molecule has 1 aromatic rings. The molecule has 130 valence electrons. The first-order chi connectivity index (χ1) is 10.8. The molecule has 0 aliphatic heterocycles. The van der Waals surface area contributed by atoms with Crippen molar-refractivity contribution in [2.45, 2.75) is 57.4 Å². The number of rotatable bonds is 10. The topological polar surface area (TPSA) is 95.5 Å². The van der Waals surface area contributed by atoms with E-state index in [4.69, 9.17) is 0 Å². The standard InChI is InChI=1S/C16H26N2O4S/c1-4-6-7-10-17-23(21,22)13-8-9-15(18-12(3)5-2)14(11-13)16(19)20/h8-9,11-12,17-18H,4-7,10H2,1-3H3,(H,19,20). The quantitative estimate of drug-likeness (QED) is 0.568. The molecule has 1 unspecified atom stereocenters. The highest BCUT2D eigenvalue weighted by Crippen LogP contribution is 2.22. The van der Waals surface area contributed by atoms with E-state index in [-0.39, 0.29) is 16.5 Å². The summed E-state index contributed by atoms with van der Waals surface area (Å²) in [6, 6.07) is 4.24. The van der Waals surface area contributed by atoms with E-state index in [1.807, 2.05) is 20.8 Å². The molecule has 1 atom stereocenters. The second-order valence-electron chi connectivity index (χ2n) is 5.57. The second kappa shape index (κ2) is 8.88. The zero-order valence-electron chi connectivity index (χ0n) is 13.9. The number of carboxylic acid groups (broad SMARTS) is 1. The lowest BCUT2D eigenvalue weighted by Crippen LogP contribution is -2.25. The molecule has 0 heterocycles.